The number of hydrogen-bond acceptors (Lipinski definition) is 3. The molecule has 1 saturated heterocycles. The fraction of sp³-hybridized carbons (Fsp3) is 0.632. The van der Waals surface area contributed by atoms with Gasteiger partial charge in [-0.05, 0) is 38.2 Å². The van der Waals surface area contributed by atoms with E-state index in [-0.39, 0.29) is 23.7 Å². The van der Waals surface area contributed by atoms with Gasteiger partial charge < -0.3 is 14.7 Å². The summed E-state index contributed by atoms with van der Waals surface area (Å²) in [5.74, 6) is -0.282. The van der Waals surface area contributed by atoms with E-state index in [1.807, 2.05) is 4.90 Å². The number of halogens is 1. The van der Waals surface area contributed by atoms with Gasteiger partial charge in [0.2, 0.25) is 5.91 Å². The fourth-order valence-corrected chi connectivity index (χ4v) is 3.99. The molecule has 1 heterocycles. The van der Waals surface area contributed by atoms with Crippen LogP contribution in [-0.2, 0) is 14.9 Å². The molecule has 1 aromatic carbocycles. The minimum Gasteiger partial charge on any atom is -0.396 e. The van der Waals surface area contributed by atoms with Crippen LogP contribution in [0.5, 0.6) is 0 Å². The minimum absolute atomic E-state index is 0.0162. The third kappa shape index (κ3) is 3.07. The van der Waals surface area contributed by atoms with Crippen LogP contribution < -0.4 is 0 Å². The van der Waals surface area contributed by atoms with Crippen molar-refractivity contribution in [2.75, 3.05) is 33.4 Å². The highest BCUT2D eigenvalue weighted by atomic mass is 19.1. The first-order valence-corrected chi connectivity index (χ1v) is 8.71. The van der Waals surface area contributed by atoms with Crippen molar-refractivity contribution in [1.82, 2.24) is 4.90 Å². The number of benzene rings is 1. The van der Waals surface area contributed by atoms with Crippen LogP contribution in [0, 0.1) is 11.2 Å². The van der Waals surface area contributed by atoms with Gasteiger partial charge in [-0.25, -0.2) is 4.39 Å². The van der Waals surface area contributed by atoms with Crippen molar-refractivity contribution in [1.29, 1.82) is 0 Å². The van der Waals surface area contributed by atoms with Crippen molar-refractivity contribution in [2.24, 2.45) is 5.41 Å². The number of carbonyl (C=O) groups is 1. The number of amides is 1. The molecule has 0 radical (unpaired) electrons. The Labute approximate surface area is 142 Å². The zero-order valence-electron chi connectivity index (χ0n) is 14.3. The van der Waals surface area contributed by atoms with Crippen LogP contribution in [0.25, 0.3) is 0 Å². The molecule has 5 heteroatoms. The summed E-state index contributed by atoms with van der Waals surface area (Å²) in [6, 6.07) is 6.60. The van der Waals surface area contributed by atoms with E-state index < -0.39 is 5.41 Å². The summed E-state index contributed by atoms with van der Waals surface area (Å²) in [5.41, 5.74) is -0.465. The number of piperidine rings is 1. The molecule has 0 unspecified atom stereocenters. The lowest BCUT2D eigenvalue weighted by Gasteiger charge is -2.43. The second-order valence-electron chi connectivity index (χ2n) is 7.29. The number of hydrogen-bond donors (Lipinski definition) is 1. The van der Waals surface area contributed by atoms with E-state index in [1.165, 1.54) is 6.07 Å². The fourth-order valence-electron chi connectivity index (χ4n) is 3.99. The highest BCUT2D eigenvalue weighted by Gasteiger charge is 2.55. The van der Waals surface area contributed by atoms with E-state index in [2.05, 4.69) is 0 Å². The first-order chi connectivity index (χ1) is 11.6. The Balaban J connectivity index is 1.79. The Morgan fingerprint density at radius 2 is 2.08 bits per heavy atom. The highest BCUT2D eigenvalue weighted by Crippen LogP contribution is 2.51. The molecule has 0 aromatic heterocycles. The van der Waals surface area contributed by atoms with Crippen LogP contribution in [0.1, 0.15) is 37.7 Å². The number of aliphatic hydroxyl groups is 1. The second-order valence-corrected chi connectivity index (χ2v) is 7.29. The molecule has 1 atom stereocenters. The third-order valence-corrected chi connectivity index (χ3v) is 5.67. The summed E-state index contributed by atoms with van der Waals surface area (Å²) in [6.07, 6.45) is 3.89. The first kappa shape index (κ1) is 17.4. The summed E-state index contributed by atoms with van der Waals surface area (Å²) in [6.45, 7) is 1.83. The van der Waals surface area contributed by atoms with Gasteiger partial charge in [-0.15, -0.1) is 0 Å². The molecule has 1 saturated carbocycles. The van der Waals surface area contributed by atoms with Crippen molar-refractivity contribution < 1.29 is 19.0 Å². The number of methoxy groups -OCH3 is 1. The number of carbonyl (C=O) groups excluding carboxylic acids is 1. The lowest BCUT2D eigenvalue weighted by atomic mass is 9.77. The van der Waals surface area contributed by atoms with Crippen molar-refractivity contribution in [3.8, 4) is 0 Å². The number of rotatable bonds is 6. The lowest BCUT2D eigenvalue weighted by molar-refractivity contribution is -0.139. The number of aliphatic hydroxyl groups excluding tert-OH is 1. The molecular weight excluding hydrogens is 309 g/mol. The number of likely N-dealkylation sites (tertiary alicyclic amines) is 1. The molecule has 24 heavy (non-hydrogen) atoms. The maximum Gasteiger partial charge on any atom is 0.233 e. The maximum atomic E-state index is 14.2. The third-order valence-electron chi connectivity index (χ3n) is 5.67. The molecule has 2 aliphatic rings. The molecule has 3 rings (SSSR count). The van der Waals surface area contributed by atoms with E-state index in [0.717, 1.165) is 19.3 Å². The Morgan fingerprint density at radius 3 is 2.71 bits per heavy atom. The smallest absolute Gasteiger partial charge is 0.233 e. The molecule has 0 spiro atoms. The van der Waals surface area contributed by atoms with E-state index in [9.17, 15) is 14.3 Å². The molecule has 132 valence electrons. The van der Waals surface area contributed by atoms with Gasteiger partial charge in [0.05, 0.1) is 12.0 Å². The number of ether oxygens (including phenoxy) is 1. The number of nitrogens with zero attached hydrogens (tertiary/aromatic N) is 1. The average Bonchev–Trinajstić information content (AvgIpc) is 3.41. The van der Waals surface area contributed by atoms with E-state index in [1.54, 1.807) is 25.3 Å². The van der Waals surface area contributed by atoms with Gasteiger partial charge in [-0.2, -0.15) is 0 Å². The molecule has 1 aromatic rings. The summed E-state index contributed by atoms with van der Waals surface area (Å²) in [4.78, 5) is 15.0. The molecule has 1 aliphatic heterocycles. The SMILES string of the molecule is COCC[C@@]1(CO)CCCN(C(=O)C2(c3ccccc3F)CC2)C1. The summed E-state index contributed by atoms with van der Waals surface area (Å²) >= 11 is 0. The molecule has 1 aliphatic carbocycles. The molecule has 2 fully saturated rings. The van der Waals surface area contributed by atoms with Crippen LogP contribution in [-0.4, -0.2) is 49.3 Å². The maximum absolute atomic E-state index is 14.2. The van der Waals surface area contributed by atoms with Gasteiger partial charge in [0.1, 0.15) is 5.82 Å². The Morgan fingerprint density at radius 1 is 1.33 bits per heavy atom. The minimum atomic E-state index is -0.689. The first-order valence-electron chi connectivity index (χ1n) is 8.71. The lowest BCUT2D eigenvalue weighted by Crippen LogP contribution is -2.51. The van der Waals surface area contributed by atoms with Crippen molar-refractivity contribution in [2.45, 2.75) is 37.5 Å². The van der Waals surface area contributed by atoms with Crippen LogP contribution in [0.2, 0.25) is 0 Å². The van der Waals surface area contributed by atoms with Crippen LogP contribution in [0.4, 0.5) is 4.39 Å². The molecule has 1 amide bonds. The van der Waals surface area contributed by atoms with Gasteiger partial charge in [-0.3, -0.25) is 4.79 Å². The van der Waals surface area contributed by atoms with Crippen LogP contribution in [0.15, 0.2) is 24.3 Å². The molecular formula is C19H26FNO3. The quantitative estimate of drug-likeness (QED) is 0.869. The van der Waals surface area contributed by atoms with E-state index >= 15 is 0 Å². The van der Waals surface area contributed by atoms with Crippen molar-refractivity contribution in [3.05, 3.63) is 35.6 Å². The van der Waals surface area contributed by atoms with Gasteiger partial charge in [0.15, 0.2) is 0 Å². The monoisotopic (exact) mass is 335 g/mol. The Hall–Kier alpha value is -1.46. The second kappa shape index (κ2) is 6.81. The Bertz CT molecular complexity index is 602. The average molecular weight is 335 g/mol. The van der Waals surface area contributed by atoms with Crippen LogP contribution in [0.3, 0.4) is 0 Å². The predicted molar refractivity (Wildman–Crippen MR) is 89.1 cm³/mol. The molecule has 4 nitrogen and oxygen atoms in total. The largest absolute Gasteiger partial charge is 0.396 e. The standard InChI is InChI=1S/C19H26FNO3/c1-24-12-10-18(14-22)7-4-11-21(13-18)17(23)19(8-9-19)15-5-2-3-6-16(15)20/h2-3,5-6,22H,4,7-14H2,1H3/t18-/m0/s1. The van der Waals surface area contributed by atoms with Crippen molar-refractivity contribution in [3.63, 3.8) is 0 Å². The zero-order chi connectivity index (χ0) is 17.2. The van der Waals surface area contributed by atoms with Crippen molar-refractivity contribution >= 4 is 5.91 Å². The van der Waals surface area contributed by atoms with E-state index in [4.69, 9.17) is 4.74 Å². The highest BCUT2D eigenvalue weighted by molar-refractivity contribution is 5.91. The van der Waals surface area contributed by atoms with Crippen LogP contribution >= 0.6 is 0 Å². The summed E-state index contributed by atoms with van der Waals surface area (Å²) in [5, 5.41) is 9.89. The normalized spacial score (nSPS) is 25.5. The Kier molecular flexibility index (Phi) is 4.92. The van der Waals surface area contributed by atoms with Gasteiger partial charge >= 0.3 is 0 Å². The van der Waals surface area contributed by atoms with Gasteiger partial charge in [-0.1, -0.05) is 18.2 Å². The topological polar surface area (TPSA) is 49.8 Å². The van der Waals surface area contributed by atoms with E-state index in [0.29, 0.717) is 38.1 Å². The summed E-state index contributed by atoms with van der Waals surface area (Å²) < 4.78 is 19.4. The zero-order valence-corrected chi connectivity index (χ0v) is 14.3. The predicted octanol–water partition coefficient (Wildman–Crippen LogP) is 2.49. The molecule has 1 N–H and O–H groups in total. The van der Waals surface area contributed by atoms with Gasteiger partial charge in [0.25, 0.3) is 0 Å². The van der Waals surface area contributed by atoms with Gasteiger partial charge in [0, 0.05) is 37.8 Å². The molecule has 0 bridgehead atoms. The summed E-state index contributed by atoms with van der Waals surface area (Å²) in [7, 11) is 1.65.